The summed E-state index contributed by atoms with van der Waals surface area (Å²) in [6.07, 6.45) is 3.91. The molecule has 3 heteroatoms. The van der Waals surface area contributed by atoms with Crippen molar-refractivity contribution in [1.82, 2.24) is 9.80 Å². The Labute approximate surface area is 126 Å². The van der Waals surface area contributed by atoms with Crippen LogP contribution in [0.5, 0.6) is 0 Å². The molecule has 0 bridgehead atoms. The van der Waals surface area contributed by atoms with Crippen LogP contribution >= 0.6 is 0 Å². The Hall–Kier alpha value is -0.120. The van der Waals surface area contributed by atoms with Crippen LogP contribution in [0.2, 0.25) is 0 Å². The standard InChI is InChI=1S/C17H37N3/c1-14(2)12-20(8-7-19(5)6)17(13-18)10-15(3)9-16(4)11-17/h14-16H,7-13,18H2,1-6H3. The van der Waals surface area contributed by atoms with Crippen LogP contribution in [0.25, 0.3) is 0 Å². The Morgan fingerprint density at radius 1 is 1.10 bits per heavy atom. The van der Waals surface area contributed by atoms with Crippen molar-refractivity contribution in [2.24, 2.45) is 23.5 Å². The summed E-state index contributed by atoms with van der Waals surface area (Å²) in [6.45, 7) is 13.7. The summed E-state index contributed by atoms with van der Waals surface area (Å²) < 4.78 is 0. The molecule has 0 spiro atoms. The molecular weight excluding hydrogens is 246 g/mol. The zero-order valence-corrected chi connectivity index (χ0v) is 14.7. The van der Waals surface area contributed by atoms with Crippen molar-refractivity contribution >= 4 is 0 Å². The Balaban J connectivity index is 2.86. The molecule has 2 atom stereocenters. The maximum Gasteiger partial charge on any atom is 0.0337 e. The largest absolute Gasteiger partial charge is 0.329 e. The summed E-state index contributed by atoms with van der Waals surface area (Å²) in [6, 6.07) is 0. The maximum absolute atomic E-state index is 6.29. The average molecular weight is 284 g/mol. The zero-order valence-electron chi connectivity index (χ0n) is 14.7. The van der Waals surface area contributed by atoms with Crippen LogP contribution in [0.1, 0.15) is 47.0 Å². The van der Waals surface area contributed by atoms with Crippen molar-refractivity contribution in [2.45, 2.75) is 52.5 Å². The van der Waals surface area contributed by atoms with Crippen molar-refractivity contribution in [3.05, 3.63) is 0 Å². The van der Waals surface area contributed by atoms with Gasteiger partial charge in [0.25, 0.3) is 0 Å². The monoisotopic (exact) mass is 283 g/mol. The summed E-state index contributed by atoms with van der Waals surface area (Å²) in [5, 5.41) is 0. The molecule has 1 rings (SSSR count). The first-order valence-corrected chi connectivity index (χ1v) is 8.39. The van der Waals surface area contributed by atoms with E-state index in [-0.39, 0.29) is 5.54 Å². The van der Waals surface area contributed by atoms with E-state index in [1.54, 1.807) is 0 Å². The molecule has 1 aliphatic rings. The second-order valence-corrected chi connectivity index (χ2v) is 7.93. The van der Waals surface area contributed by atoms with Gasteiger partial charge in [0.15, 0.2) is 0 Å². The first kappa shape index (κ1) is 17.9. The third kappa shape index (κ3) is 5.01. The molecule has 0 radical (unpaired) electrons. The van der Waals surface area contributed by atoms with E-state index in [0.29, 0.717) is 5.92 Å². The second-order valence-electron chi connectivity index (χ2n) is 7.93. The molecule has 120 valence electrons. The molecule has 20 heavy (non-hydrogen) atoms. The number of likely N-dealkylation sites (N-methyl/N-ethyl adjacent to an activating group) is 1. The van der Waals surface area contributed by atoms with Crippen molar-refractivity contribution in [2.75, 3.05) is 40.3 Å². The second kappa shape index (κ2) is 7.77. The summed E-state index contributed by atoms with van der Waals surface area (Å²) in [7, 11) is 4.32. The molecule has 0 aromatic heterocycles. The molecule has 2 N–H and O–H groups in total. The van der Waals surface area contributed by atoms with Gasteiger partial charge in [-0.2, -0.15) is 0 Å². The molecule has 0 aliphatic heterocycles. The molecule has 0 amide bonds. The lowest BCUT2D eigenvalue weighted by Crippen LogP contribution is -2.59. The summed E-state index contributed by atoms with van der Waals surface area (Å²) >= 11 is 0. The van der Waals surface area contributed by atoms with Crippen LogP contribution in [-0.2, 0) is 0 Å². The molecule has 0 saturated heterocycles. The summed E-state index contributed by atoms with van der Waals surface area (Å²) in [4.78, 5) is 5.00. The third-order valence-corrected chi connectivity index (χ3v) is 4.72. The van der Waals surface area contributed by atoms with E-state index in [9.17, 15) is 0 Å². The van der Waals surface area contributed by atoms with Crippen molar-refractivity contribution in [3.63, 3.8) is 0 Å². The van der Waals surface area contributed by atoms with Gasteiger partial charge in [-0.15, -0.1) is 0 Å². The van der Waals surface area contributed by atoms with Gasteiger partial charge in [0.1, 0.15) is 0 Å². The molecular formula is C17H37N3. The van der Waals surface area contributed by atoms with Crippen LogP contribution in [0.3, 0.4) is 0 Å². The van der Waals surface area contributed by atoms with E-state index < -0.39 is 0 Å². The van der Waals surface area contributed by atoms with E-state index >= 15 is 0 Å². The fourth-order valence-corrected chi connectivity index (χ4v) is 4.07. The Bertz CT molecular complexity index is 265. The Morgan fingerprint density at radius 2 is 1.65 bits per heavy atom. The highest BCUT2D eigenvalue weighted by Crippen LogP contribution is 2.39. The maximum atomic E-state index is 6.29. The van der Waals surface area contributed by atoms with E-state index in [1.807, 2.05) is 0 Å². The smallest absolute Gasteiger partial charge is 0.0337 e. The van der Waals surface area contributed by atoms with Gasteiger partial charge in [-0.1, -0.05) is 27.7 Å². The highest BCUT2D eigenvalue weighted by molar-refractivity contribution is 4.98. The summed E-state index contributed by atoms with van der Waals surface area (Å²) in [5.41, 5.74) is 6.52. The van der Waals surface area contributed by atoms with Crippen LogP contribution in [0.15, 0.2) is 0 Å². The average Bonchev–Trinajstić information content (AvgIpc) is 2.32. The predicted octanol–water partition coefficient (Wildman–Crippen LogP) is 2.66. The molecule has 2 unspecified atom stereocenters. The number of nitrogens with zero attached hydrogens (tertiary/aromatic N) is 2. The molecule has 0 aromatic carbocycles. The first-order chi connectivity index (χ1) is 9.29. The normalized spacial score (nSPS) is 31.5. The van der Waals surface area contributed by atoms with Crippen molar-refractivity contribution in [3.8, 4) is 0 Å². The fourth-order valence-electron chi connectivity index (χ4n) is 4.07. The van der Waals surface area contributed by atoms with Crippen LogP contribution in [0.4, 0.5) is 0 Å². The first-order valence-electron chi connectivity index (χ1n) is 8.39. The number of hydrogen-bond acceptors (Lipinski definition) is 3. The minimum Gasteiger partial charge on any atom is -0.329 e. The molecule has 0 aromatic rings. The van der Waals surface area contributed by atoms with Crippen LogP contribution in [0, 0.1) is 17.8 Å². The molecule has 1 fully saturated rings. The number of nitrogens with two attached hydrogens (primary N) is 1. The molecule has 3 nitrogen and oxygen atoms in total. The van der Waals surface area contributed by atoms with E-state index in [0.717, 1.165) is 31.5 Å². The predicted molar refractivity (Wildman–Crippen MR) is 88.9 cm³/mol. The number of rotatable bonds is 7. The molecule has 1 saturated carbocycles. The molecule has 1 aliphatic carbocycles. The van der Waals surface area contributed by atoms with Gasteiger partial charge in [0, 0.05) is 31.7 Å². The van der Waals surface area contributed by atoms with Gasteiger partial charge in [0.2, 0.25) is 0 Å². The van der Waals surface area contributed by atoms with Crippen LogP contribution < -0.4 is 5.73 Å². The van der Waals surface area contributed by atoms with E-state index in [4.69, 9.17) is 5.73 Å². The van der Waals surface area contributed by atoms with Gasteiger partial charge in [-0.05, 0) is 51.1 Å². The van der Waals surface area contributed by atoms with Gasteiger partial charge in [0.05, 0.1) is 0 Å². The number of hydrogen-bond donors (Lipinski definition) is 1. The topological polar surface area (TPSA) is 32.5 Å². The molecule has 0 heterocycles. The van der Waals surface area contributed by atoms with Gasteiger partial charge >= 0.3 is 0 Å². The van der Waals surface area contributed by atoms with E-state index in [2.05, 4.69) is 51.6 Å². The third-order valence-electron chi connectivity index (χ3n) is 4.72. The minimum atomic E-state index is 0.233. The van der Waals surface area contributed by atoms with Gasteiger partial charge < -0.3 is 10.6 Å². The van der Waals surface area contributed by atoms with Gasteiger partial charge in [-0.25, -0.2) is 0 Å². The highest BCUT2D eigenvalue weighted by atomic mass is 15.2. The van der Waals surface area contributed by atoms with E-state index in [1.165, 1.54) is 25.8 Å². The van der Waals surface area contributed by atoms with Crippen LogP contribution in [-0.4, -0.2) is 55.6 Å². The quantitative estimate of drug-likeness (QED) is 0.779. The minimum absolute atomic E-state index is 0.233. The Morgan fingerprint density at radius 3 is 2.05 bits per heavy atom. The van der Waals surface area contributed by atoms with Crippen molar-refractivity contribution < 1.29 is 0 Å². The SMILES string of the molecule is CC(C)CN(CCN(C)C)C1(CN)CC(C)CC(C)C1. The lowest BCUT2D eigenvalue weighted by atomic mass is 9.70. The zero-order chi connectivity index (χ0) is 15.3. The lowest BCUT2D eigenvalue weighted by molar-refractivity contribution is 0.00803. The fraction of sp³-hybridized carbons (Fsp3) is 1.00. The van der Waals surface area contributed by atoms with Gasteiger partial charge in [-0.3, -0.25) is 4.90 Å². The van der Waals surface area contributed by atoms with Crippen molar-refractivity contribution in [1.29, 1.82) is 0 Å². The highest BCUT2D eigenvalue weighted by Gasteiger charge is 2.41. The Kier molecular flexibility index (Phi) is 6.96. The lowest BCUT2D eigenvalue weighted by Gasteiger charge is -2.50. The summed E-state index contributed by atoms with van der Waals surface area (Å²) in [5.74, 6) is 2.31.